The van der Waals surface area contributed by atoms with Gasteiger partial charge in [-0.2, -0.15) is 0 Å². The highest BCUT2D eigenvalue weighted by molar-refractivity contribution is 8.00. The Morgan fingerprint density at radius 2 is 1.93 bits per heavy atom. The van der Waals surface area contributed by atoms with Crippen LogP contribution < -0.4 is 9.47 Å². The molecule has 1 aliphatic heterocycles. The molecule has 3 aromatic rings. The average molecular weight is 394 g/mol. The largest absolute Gasteiger partial charge is 0.490 e. The first kappa shape index (κ1) is 18.6. The van der Waals surface area contributed by atoms with E-state index in [1.807, 2.05) is 60.9 Å². The number of aromatic nitrogens is 2. The molecule has 4 rings (SSSR count). The van der Waals surface area contributed by atoms with E-state index in [2.05, 4.69) is 4.98 Å². The van der Waals surface area contributed by atoms with E-state index in [4.69, 9.17) is 9.47 Å². The van der Waals surface area contributed by atoms with E-state index in [9.17, 15) is 4.79 Å². The van der Waals surface area contributed by atoms with E-state index in [0.717, 1.165) is 45.6 Å². The second kappa shape index (κ2) is 8.10. The predicted molar refractivity (Wildman–Crippen MR) is 110 cm³/mol. The fraction of sp³-hybridized carbons (Fsp3) is 0.273. The summed E-state index contributed by atoms with van der Waals surface area (Å²) in [4.78, 5) is 18.3. The van der Waals surface area contributed by atoms with Gasteiger partial charge < -0.3 is 14.0 Å². The van der Waals surface area contributed by atoms with Crippen LogP contribution in [0.1, 0.15) is 28.2 Å². The van der Waals surface area contributed by atoms with E-state index >= 15 is 0 Å². The van der Waals surface area contributed by atoms with Gasteiger partial charge in [0.25, 0.3) is 0 Å². The number of nitrogens with zero attached hydrogens (tertiary/aromatic N) is 2. The van der Waals surface area contributed by atoms with Gasteiger partial charge in [-0.25, -0.2) is 4.98 Å². The highest BCUT2D eigenvalue weighted by Crippen LogP contribution is 2.34. The van der Waals surface area contributed by atoms with Crippen molar-refractivity contribution in [3.05, 3.63) is 65.6 Å². The number of hydrogen-bond acceptors (Lipinski definition) is 5. The number of rotatable bonds is 5. The molecule has 5 nitrogen and oxygen atoms in total. The van der Waals surface area contributed by atoms with Crippen LogP contribution in [0.5, 0.6) is 11.5 Å². The van der Waals surface area contributed by atoms with Crippen molar-refractivity contribution < 1.29 is 14.3 Å². The maximum absolute atomic E-state index is 12.9. The van der Waals surface area contributed by atoms with Crippen molar-refractivity contribution in [3.8, 4) is 17.3 Å². The third-order valence-electron chi connectivity index (χ3n) is 4.70. The normalized spacial score (nSPS) is 13.2. The molecule has 0 aliphatic carbocycles. The Hall–Kier alpha value is -2.73. The molecule has 1 aliphatic rings. The lowest BCUT2D eigenvalue weighted by Crippen LogP contribution is -2.06. The molecule has 0 N–H and O–H groups in total. The molecular weight excluding hydrogens is 372 g/mol. The van der Waals surface area contributed by atoms with Crippen LogP contribution in [0.4, 0.5) is 0 Å². The van der Waals surface area contributed by atoms with Crippen LogP contribution in [0.3, 0.4) is 0 Å². The van der Waals surface area contributed by atoms with E-state index in [-0.39, 0.29) is 5.78 Å². The number of Topliss-reactive ketones (excluding diaryl/α,β-unsaturated/α-hetero) is 1. The maximum atomic E-state index is 12.9. The van der Waals surface area contributed by atoms with E-state index < -0.39 is 0 Å². The lowest BCUT2D eigenvalue weighted by molar-refractivity contribution is 0.102. The Labute approximate surface area is 168 Å². The van der Waals surface area contributed by atoms with Gasteiger partial charge in [0, 0.05) is 34.5 Å². The third kappa shape index (κ3) is 3.78. The molecule has 0 atom stereocenters. The van der Waals surface area contributed by atoms with Crippen LogP contribution in [0.2, 0.25) is 0 Å². The van der Waals surface area contributed by atoms with Gasteiger partial charge in [0.15, 0.2) is 17.3 Å². The number of carbonyl (C=O) groups is 1. The molecule has 0 radical (unpaired) electrons. The standard InChI is InChI=1S/C22H22N2O3S/c1-15-12-18(16(2)24(15)22-6-3-4-9-23-22)19(25)14-28-17-7-8-20-21(13-17)27-11-5-10-26-20/h3-4,6-9,12-13H,5,10-11,14H2,1-2H3. The van der Waals surface area contributed by atoms with Crippen LogP contribution in [-0.4, -0.2) is 34.3 Å². The Morgan fingerprint density at radius 1 is 1.11 bits per heavy atom. The van der Waals surface area contributed by atoms with Gasteiger partial charge in [-0.3, -0.25) is 4.79 Å². The molecule has 0 amide bonds. The molecule has 0 unspecified atom stereocenters. The molecule has 0 spiro atoms. The Balaban J connectivity index is 1.50. The summed E-state index contributed by atoms with van der Waals surface area (Å²) in [7, 11) is 0. The third-order valence-corrected chi connectivity index (χ3v) is 5.69. The molecular formula is C22H22N2O3S. The van der Waals surface area contributed by atoms with Crippen molar-refractivity contribution in [2.45, 2.75) is 25.2 Å². The van der Waals surface area contributed by atoms with Gasteiger partial charge in [-0.15, -0.1) is 11.8 Å². The van der Waals surface area contributed by atoms with Crippen molar-refractivity contribution in [1.82, 2.24) is 9.55 Å². The Kier molecular flexibility index (Phi) is 5.39. The predicted octanol–water partition coefficient (Wildman–Crippen LogP) is 4.63. The molecule has 0 bridgehead atoms. The van der Waals surface area contributed by atoms with Gasteiger partial charge in [0.05, 0.1) is 19.0 Å². The van der Waals surface area contributed by atoms with Crippen LogP contribution in [-0.2, 0) is 0 Å². The number of ether oxygens (including phenoxy) is 2. The highest BCUT2D eigenvalue weighted by Gasteiger charge is 2.18. The fourth-order valence-electron chi connectivity index (χ4n) is 3.34. The number of thioether (sulfide) groups is 1. The zero-order valence-electron chi connectivity index (χ0n) is 16.0. The van der Waals surface area contributed by atoms with Crippen molar-refractivity contribution in [2.75, 3.05) is 19.0 Å². The van der Waals surface area contributed by atoms with Crippen molar-refractivity contribution >= 4 is 17.5 Å². The number of carbonyl (C=O) groups excluding carboxylic acids is 1. The second-order valence-electron chi connectivity index (χ2n) is 6.68. The first-order valence-corrected chi connectivity index (χ1v) is 10.3. The minimum absolute atomic E-state index is 0.104. The lowest BCUT2D eigenvalue weighted by Gasteiger charge is -2.09. The first-order chi connectivity index (χ1) is 13.6. The van der Waals surface area contributed by atoms with Gasteiger partial charge in [-0.1, -0.05) is 6.07 Å². The molecule has 0 fully saturated rings. The van der Waals surface area contributed by atoms with Gasteiger partial charge in [0.1, 0.15) is 5.82 Å². The van der Waals surface area contributed by atoms with Crippen molar-refractivity contribution in [1.29, 1.82) is 0 Å². The topological polar surface area (TPSA) is 53.4 Å². The minimum Gasteiger partial charge on any atom is -0.490 e. The van der Waals surface area contributed by atoms with Gasteiger partial charge >= 0.3 is 0 Å². The zero-order valence-corrected chi connectivity index (χ0v) is 16.8. The summed E-state index contributed by atoms with van der Waals surface area (Å²) < 4.78 is 13.4. The number of hydrogen-bond donors (Lipinski definition) is 0. The molecule has 3 heterocycles. The summed E-state index contributed by atoms with van der Waals surface area (Å²) in [6.45, 7) is 5.28. The van der Waals surface area contributed by atoms with Crippen molar-refractivity contribution in [3.63, 3.8) is 0 Å². The molecule has 0 saturated heterocycles. The second-order valence-corrected chi connectivity index (χ2v) is 7.73. The molecule has 144 valence electrons. The lowest BCUT2D eigenvalue weighted by atomic mass is 10.2. The minimum atomic E-state index is 0.104. The Morgan fingerprint density at radius 3 is 2.71 bits per heavy atom. The molecule has 6 heteroatoms. The van der Waals surface area contributed by atoms with Gasteiger partial charge in [0.2, 0.25) is 0 Å². The number of benzene rings is 1. The first-order valence-electron chi connectivity index (χ1n) is 9.29. The quantitative estimate of drug-likeness (QED) is 0.467. The average Bonchev–Trinajstić information content (AvgIpc) is 2.87. The van der Waals surface area contributed by atoms with E-state index in [1.54, 1.807) is 6.20 Å². The summed E-state index contributed by atoms with van der Waals surface area (Å²) in [5, 5.41) is 0. The summed E-state index contributed by atoms with van der Waals surface area (Å²) >= 11 is 1.51. The smallest absolute Gasteiger partial charge is 0.174 e. The van der Waals surface area contributed by atoms with Crippen LogP contribution in [0.25, 0.3) is 5.82 Å². The Bertz CT molecular complexity index is 999. The highest BCUT2D eigenvalue weighted by atomic mass is 32.2. The summed E-state index contributed by atoms with van der Waals surface area (Å²) in [6, 6.07) is 13.6. The van der Waals surface area contributed by atoms with Crippen LogP contribution in [0, 0.1) is 13.8 Å². The van der Waals surface area contributed by atoms with Gasteiger partial charge in [-0.05, 0) is 50.2 Å². The molecule has 28 heavy (non-hydrogen) atoms. The SMILES string of the molecule is Cc1cc(C(=O)CSc2ccc3c(c2)OCCCO3)c(C)n1-c1ccccn1. The van der Waals surface area contributed by atoms with Crippen LogP contribution in [0.15, 0.2) is 53.6 Å². The monoisotopic (exact) mass is 394 g/mol. The van der Waals surface area contributed by atoms with Crippen LogP contribution >= 0.6 is 11.8 Å². The zero-order chi connectivity index (χ0) is 19.5. The molecule has 1 aromatic carbocycles. The van der Waals surface area contributed by atoms with E-state index in [0.29, 0.717) is 19.0 Å². The number of pyridine rings is 1. The summed E-state index contributed by atoms with van der Waals surface area (Å²) in [5.74, 6) is 2.82. The number of ketones is 1. The molecule has 2 aromatic heterocycles. The molecule has 0 saturated carbocycles. The van der Waals surface area contributed by atoms with E-state index in [1.165, 1.54) is 11.8 Å². The number of aryl methyl sites for hydroxylation is 1. The fourth-order valence-corrected chi connectivity index (χ4v) is 4.15. The van der Waals surface area contributed by atoms with Crippen molar-refractivity contribution in [2.24, 2.45) is 0 Å². The summed E-state index contributed by atoms with van der Waals surface area (Å²) in [5.41, 5.74) is 2.66. The number of fused-ring (bicyclic) bond motifs is 1. The summed E-state index contributed by atoms with van der Waals surface area (Å²) in [6.07, 6.45) is 2.64. The maximum Gasteiger partial charge on any atom is 0.174 e.